The minimum atomic E-state index is 0.0444. The molecular weight excluding hydrogens is 258 g/mol. The molecule has 0 amide bonds. The molecule has 0 fully saturated rings. The lowest BCUT2D eigenvalue weighted by Crippen LogP contribution is -2.27. The number of nitrogens with two attached hydrogens (primary N) is 1. The summed E-state index contributed by atoms with van der Waals surface area (Å²) >= 11 is 1.71. The van der Waals surface area contributed by atoms with Gasteiger partial charge in [0.1, 0.15) is 0 Å². The van der Waals surface area contributed by atoms with Crippen molar-refractivity contribution in [2.75, 3.05) is 31.2 Å². The Labute approximate surface area is 121 Å². The van der Waals surface area contributed by atoms with Crippen LogP contribution in [0.25, 0.3) is 0 Å². The Kier molecular flexibility index (Phi) is 6.23. The lowest BCUT2D eigenvalue weighted by Gasteiger charge is -2.20. The molecule has 0 spiro atoms. The SMILES string of the molecule is CCOCCN(CC)c1nc(C(C)(C)C)c(CN)s1. The summed E-state index contributed by atoms with van der Waals surface area (Å²) in [5, 5.41) is 1.06. The van der Waals surface area contributed by atoms with E-state index in [2.05, 4.69) is 32.6 Å². The first-order chi connectivity index (χ1) is 8.93. The van der Waals surface area contributed by atoms with Crippen LogP contribution in [0.3, 0.4) is 0 Å². The average Bonchev–Trinajstić information content (AvgIpc) is 2.78. The van der Waals surface area contributed by atoms with E-state index < -0.39 is 0 Å². The Morgan fingerprint density at radius 2 is 2.00 bits per heavy atom. The Morgan fingerprint density at radius 3 is 2.42 bits per heavy atom. The Balaban J connectivity index is 2.90. The van der Waals surface area contributed by atoms with Crippen LogP contribution in [0.2, 0.25) is 0 Å². The fourth-order valence-corrected chi connectivity index (χ4v) is 3.15. The summed E-state index contributed by atoms with van der Waals surface area (Å²) in [4.78, 5) is 8.26. The molecule has 0 aliphatic heterocycles. The van der Waals surface area contributed by atoms with Crippen molar-refractivity contribution in [3.8, 4) is 0 Å². The Bertz CT molecular complexity index is 385. The first-order valence-corrected chi connectivity index (χ1v) is 7.78. The van der Waals surface area contributed by atoms with Crippen molar-refractivity contribution >= 4 is 16.5 Å². The highest BCUT2D eigenvalue weighted by atomic mass is 32.1. The number of hydrogen-bond donors (Lipinski definition) is 1. The topological polar surface area (TPSA) is 51.4 Å². The number of likely N-dealkylation sites (N-methyl/N-ethyl adjacent to an activating group) is 1. The Hall–Kier alpha value is -0.650. The fourth-order valence-electron chi connectivity index (χ4n) is 1.91. The third-order valence-electron chi connectivity index (χ3n) is 2.94. The van der Waals surface area contributed by atoms with Crippen molar-refractivity contribution in [3.63, 3.8) is 0 Å². The highest BCUT2D eigenvalue weighted by Gasteiger charge is 2.24. The van der Waals surface area contributed by atoms with Crippen LogP contribution in [-0.4, -0.2) is 31.3 Å². The average molecular weight is 285 g/mol. The van der Waals surface area contributed by atoms with Gasteiger partial charge in [0.25, 0.3) is 0 Å². The number of rotatable bonds is 7. The van der Waals surface area contributed by atoms with Gasteiger partial charge in [-0.1, -0.05) is 20.8 Å². The standard InChI is InChI=1S/C14H27N3OS/c1-6-17(8-9-18-7-2)13-16-12(14(3,4)5)11(10-15)19-13/h6-10,15H2,1-5H3. The molecule has 0 atom stereocenters. The van der Waals surface area contributed by atoms with E-state index in [1.54, 1.807) is 11.3 Å². The number of anilines is 1. The number of nitrogens with zero attached hydrogens (tertiary/aromatic N) is 2. The van der Waals surface area contributed by atoms with Crippen LogP contribution in [0.5, 0.6) is 0 Å². The molecule has 0 bridgehead atoms. The monoisotopic (exact) mass is 285 g/mol. The smallest absolute Gasteiger partial charge is 0.185 e. The molecule has 4 nitrogen and oxygen atoms in total. The molecule has 0 aliphatic rings. The van der Waals surface area contributed by atoms with E-state index in [1.807, 2.05) is 6.92 Å². The van der Waals surface area contributed by atoms with E-state index in [-0.39, 0.29) is 5.41 Å². The van der Waals surface area contributed by atoms with E-state index in [1.165, 1.54) is 4.88 Å². The number of thiazole rings is 1. The highest BCUT2D eigenvalue weighted by Crippen LogP contribution is 2.33. The lowest BCUT2D eigenvalue weighted by molar-refractivity contribution is 0.154. The van der Waals surface area contributed by atoms with Gasteiger partial charge in [0.05, 0.1) is 12.3 Å². The number of ether oxygens (including phenoxy) is 1. The van der Waals surface area contributed by atoms with Crippen molar-refractivity contribution in [2.24, 2.45) is 5.73 Å². The van der Waals surface area contributed by atoms with Gasteiger partial charge < -0.3 is 15.4 Å². The molecule has 1 rings (SSSR count). The van der Waals surface area contributed by atoms with E-state index in [4.69, 9.17) is 15.5 Å². The maximum absolute atomic E-state index is 5.85. The van der Waals surface area contributed by atoms with Crippen LogP contribution in [0.15, 0.2) is 0 Å². The molecule has 110 valence electrons. The molecule has 0 unspecified atom stereocenters. The van der Waals surface area contributed by atoms with Crippen molar-refractivity contribution in [1.82, 2.24) is 4.98 Å². The molecule has 0 aliphatic carbocycles. The van der Waals surface area contributed by atoms with Crippen molar-refractivity contribution in [3.05, 3.63) is 10.6 Å². The van der Waals surface area contributed by atoms with Gasteiger partial charge in [0.2, 0.25) is 0 Å². The van der Waals surface area contributed by atoms with Gasteiger partial charge in [-0.15, -0.1) is 11.3 Å². The summed E-state index contributed by atoms with van der Waals surface area (Å²) in [6, 6.07) is 0. The van der Waals surface area contributed by atoms with Crippen molar-refractivity contribution in [1.29, 1.82) is 0 Å². The summed E-state index contributed by atoms with van der Waals surface area (Å²) in [6.45, 7) is 14.6. The summed E-state index contributed by atoms with van der Waals surface area (Å²) in [5.41, 5.74) is 7.03. The normalized spacial score (nSPS) is 11.9. The van der Waals surface area contributed by atoms with Crippen molar-refractivity contribution in [2.45, 2.75) is 46.6 Å². The summed E-state index contributed by atoms with van der Waals surface area (Å²) in [7, 11) is 0. The zero-order valence-electron chi connectivity index (χ0n) is 12.8. The minimum absolute atomic E-state index is 0.0444. The van der Waals surface area contributed by atoms with Crippen LogP contribution in [0.4, 0.5) is 5.13 Å². The van der Waals surface area contributed by atoms with Gasteiger partial charge in [0.15, 0.2) is 5.13 Å². The summed E-state index contributed by atoms with van der Waals surface area (Å²) < 4.78 is 5.43. The molecule has 5 heteroatoms. The van der Waals surface area contributed by atoms with E-state index in [0.717, 1.165) is 37.1 Å². The lowest BCUT2D eigenvalue weighted by atomic mass is 9.91. The maximum atomic E-state index is 5.85. The van der Waals surface area contributed by atoms with E-state index in [0.29, 0.717) is 6.54 Å². The van der Waals surface area contributed by atoms with Crippen LogP contribution in [0.1, 0.15) is 45.2 Å². The molecule has 1 heterocycles. The van der Waals surface area contributed by atoms with Crippen molar-refractivity contribution < 1.29 is 4.74 Å². The molecule has 1 aromatic heterocycles. The van der Waals surface area contributed by atoms with Gasteiger partial charge in [-0.3, -0.25) is 0 Å². The van der Waals surface area contributed by atoms with E-state index >= 15 is 0 Å². The zero-order chi connectivity index (χ0) is 14.5. The Morgan fingerprint density at radius 1 is 1.32 bits per heavy atom. The van der Waals surface area contributed by atoms with Crippen LogP contribution in [0, 0.1) is 0 Å². The molecule has 0 radical (unpaired) electrons. The molecule has 0 saturated heterocycles. The van der Waals surface area contributed by atoms with Gasteiger partial charge in [-0.2, -0.15) is 0 Å². The molecule has 1 aromatic rings. The van der Waals surface area contributed by atoms with Crippen LogP contribution < -0.4 is 10.6 Å². The van der Waals surface area contributed by atoms with E-state index in [9.17, 15) is 0 Å². The van der Waals surface area contributed by atoms with Gasteiger partial charge in [-0.25, -0.2) is 4.98 Å². The summed E-state index contributed by atoms with van der Waals surface area (Å²) in [5.74, 6) is 0. The largest absolute Gasteiger partial charge is 0.380 e. The second-order valence-corrected chi connectivity index (χ2v) is 6.56. The summed E-state index contributed by atoms with van der Waals surface area (Å²) in [6.07, 6.45) is 0. The van der Waals surface area contributed by atoms with Gasteiger partial charge >= 0.3 is 0 Å². The van der Waals surface area contributed by atoms with Gasteiger partial charge in [0, 0.05) is 36.5 Å². The van der Waals surface area contributed by atoms with Crippen LogP contribution in [-0.2, 0) is 16.7 Å². The quantitative estimate of drug-likeness (QED) is 0.783. The molecule has 2 N–H and O–H groups in total. The number of hydrogen-bond acceptors (Lipinski definition) is 5. The predicted molar refractivity (Wildman–Crippen MR) is 83.1 cm³/mol. The molecular formula is C14H27N3OS. The zero-order valence-corrected chi connectivity index (χ0v) is 13.6. The predicted octanol–water partition coefficient (Wildman–Crippen LogP) is 2.76. The molecule has 19 heavy (non-hydrogen) atoms. The van der Waals surface area contributed by atoms with Crippen LogP contribution >= 0.6 is 11.3 Å². The highest BCUT2D eigenvalue weighted by molar-refractivity contribution is 7.15. The molecule has 0 aromatic carbocycles. The second-order valence-electron chi connectivity index (χ2n) is 5.50. The third kappa shape index (κ3) is 4.44. The minimum Gasteiger partial charge on any atom is -0.380 e. The first kappa shape index (κ1) is 16.4. The van der Waals surface area contributed by atoms with Gasteiger partial charge in [-0.05, 0) is 13.8 Å². The molecule has 0 saturated carbocycles. The fraction of sp³-hybridized carbons (Fsp3) is 0.786. The second kappa shape index (κ2) is 7.22. The maximum Gasteiger partial charge on any atom is 0.185 e. The third-order valence-corrected chi connectivity index (χ3v) is 4.08. The number of aromatic nitrogens is 1. The first-order valence-electron chi connectivity index (χ1n) is 6.96.